The van der Waals surface area contributed by atoms with Crippen molar-refractivity contribution in [1.29, 1.82) is 0 Å². The number of rotatable bonds is 4. The van der Waals surface area contributed by atoms with Crippen LogP contribution in [0.1, 0.15) is 50.8 Å². The van der Waals surface area contributed by atoms with E-state index < -0.39 is 0 Å². The van der Waals surface area contributed by atoms with Crippen molar-refractivity contribution in [3.05, 3.63) is 21.9 Å². The maximum absolute atomic E-state index is 3.42. The molecule has 1 aromatic heterocycles. The van der Waals surface area contributed by atoms with Crippen LogP contribution in [0.5, 0.6) is 0 Å². The zero-order chi connectivity index (χ0) is 11.5. The van der Waals surface area contributed by atoms with Gasteiger partial charge in [0.2, 0.25) is 0 Å². The van der Waals surface area contributed by atoms with Gasteiger partial charge in [-0.3, -0.25) is 0 Å². The van der Waals surface area contributed by atoms with E-state index in [4.69, 9.17) is 0 Å². The molecule has 0 amide bonds. The average molecular weight is 225 g/mol. The highest BCUT2D eigenvalue weighted by atomic mass is 32.1. The van der Waals surface area contributed by atoms with E-state index in [1.54, 1.807) is 11.3 Å². The van der Waals surface area contributed by atoms with Crippen LogP contribution in [0, 0.1) is 12.3 Å². The van der Waals surface area contributed by atoms with Gasteiger partial charge in [-0.05, 0) is 54.1 Å². The quantitative estimate of drug-likeness (QED) is 0.812. The van der Waals surface area contributed by atoms with Crippen molar-refractivity contribution < 1.29 is 0 Å². The molecule has 1 atom stereocenters. The van der Waals surface area contributed by atoms with Gasteiger partial charge in [-0.1, -0.05) is 20.8 Å². The first kappa shape index (κ1) is 12.7. The predicted molar refractivity (Wildman–Crippen MR) is 69.5 cm³/mol. The highest BCUT2D eigenvalue weighted by Gasteiger charge is 2.17. The summed E-state index contributed by atoms with van der Waals surface area (Å²) in [4.78, 5) is 0. The summed E-state index contributed by atoms with van der Waals surface area (Å²) in [5.41, 5.74) is 3.33. The van der Waals surface area contributed by atoms with E-state index in [1.165, 1.54) is 24.0 Å². The van der Waals surface area contributed by atoms with E-state index >= 15 is 0 Å². The van der Waals surface area contributed by atoms with Gasteiger partial charge >= 0.3 is 0 Å². The Morgan fingerprint density at radius 1 is 1.33 bits per heavy atom. The molecule has 0 aliphatic heterocycles. The van der Waals surface area contributed by atoms with E-state index in [1.807, 2.05) is 0 Å². The van der Waals surface area contributed by atoms with Gasteiger partial charge in [-0.25, -0.2) is 0 Å². The Morgan fingerprint density at radius 3 is 2.40 bits per heavy atom. The summed E-state index contributed by atoms with van der Waals surface area (Å²) in [7, 11) is 2.06. The zero-order valence-corrected chi connectivity index (χ0v) is 11.4. The maximum Gasteiger partial charge on any atom is 0.0328 e. The van der Waals surface area contributed by atoms with Crippen molar-refractivity contribution in [2.75, 3.05) is 7.05 Å². The van der Waals surface area contributed by atoms with Crippen LogP contribution in [0.2, 0.25) is 0 Å². The van der Waals surface area contributed by atoms with Crippen molar-refractivity contribution >= 4 is 11.3 Å². The molecule has 2 heteroatoms. The van der Waals surface area contributed by atoms with Crippen LogP contribution in [-0.4, -0.2) is 7.05 Å². The molecule has 15 heavy (non-hydrogen) atoms. The molecule has 0 bridgehead atoms. The average Bonchev–Trinajstić information content (AvgIpc) is 2.52. The van der Waals surface area contributed by atoms with E-state index in [2.05, 4.69) is 50.8 Å². The van der Waals surface area contributed by atoms with Crippen LogP contribution in [-0.2, 0) is 0 Å². The lowest BCUT2D eigenvalue weighted by Crippen LogP contribution is -2.19. The molecule has 86 valence electrons. The van der Waals surface area contributed by atoms with Gasteiger partial charge in [-0.15, -0.1) is 0 Å². The Kier molecular flexibility index (Phi) is 4.35. The maximum atomic E-state index is 3.42. The molecule has 0 spiro atoms. The molecular formula is C13H23NS. The lowest BCUT2D eigenvalue weighted by atomic mass is 9.87. The topological polar surface area (TPSA) is 12.0 Å². The molecule has 0 radical (unpaired) electrons. The van der Waals surface area contributed by atoms with Gasteiger partial charge in [-0.2, -0.15) is 11.3 Å². The first-order valence-corrected chi connectivity index (χ1v) is 6.58. The minimum Gasteiger partial charge on any atom is -0.313 e. The van der Waals surface area contributed by atoms with Crippen LogP contribution in [0.25, 0.3) is 0 Å². The summed E-state index contributed by atoms with van der Waals surface area (Å²) in [5, 5.41) is 7.93. The Hall–Kier alpha value is -0.340. The normalized spacial score (nSPS) is 14.2. The van der Waals surface area contributed by atoms with Crippen LogP contribution < -0.4 is 5.32 Å². The largest absolute Gasteiger partial charge is 0.313 e. The van der Waals surface area contributed by atoms with Gasteiger partial charge in [0.05, 0.1) is 0 Å². The third kappa shape index (κ3) is 3.96. The molecule has 0 saturated heterocycles. The van der Waals surface area contributed by atoms with Crippen molar-refractivity contribution in [1.82, 2.24) is 5.32 Å². The second kappa shape index (κ2) is 5.13. The van der Waals surface area contributed by atoms with E-state index in [9.17, 15) is 0 Å². The molecule has 1 unspecified atom stereocenters. The molecule has 0 aromatic carbocycles. The molecule has 1 N–H and O–H groups in total. The van der Waals surface area contributed by atoms with Gasteiger partial charge in [0.15, 0.2) is 0 Å². The highest BCUT2D eigenvalue weighted by Crippen LogP contribution is 2.29. The summed E-state index contributed by atoms with van der Waals surface area (Å²) in [6.45, 7) is 9.12. The molecule has 1 nitrogen and oxygen atoms in total. The Balaban J connectivity index is 2.61. The molecule has 1 rings (SSSR count). The van der Waals surface area contributed by atoms with Crippen molar-refractivity contribution in [3.63, 3.8) is 0 Å². The summed E-state index contributed by atoms with van der Waals surface area (Å²) >= 11 is 1.80. The standard InChI is InChI=1S/C13H23NS/c1-10-8-15-9-11(10)12(14-5)6-7-13(2,3)4/h8-9,12,14H,6-7H2,1-5H3. The summed E-state index contributed by atoms with van der Waals surface area (Å²) < 4.78 is 0. The highest BCUT2D eigenvalue weighted by molar-refractivity contribution is 7.08. The van der Waals surface area contributed by atoms with Gasteiger partial charge < -0.3 is 5.32 Å². The smallest absolute Gasteiger partial charge is 0.0328 e. The Labute approximate surface area is 97.9 Å². The predicted octanol–water partition coefficient (Wildman–Crippen LogP) is 4.14. The molecule has 1 heterocycles. The van der Waals surface area contributed by atoms with E-state index in [-0.39, 0.29) is 0 Å². The zero-order valence-electron chi connectivity index (χ0n) is 10.6. The monoisotopic (exact) mass is 225 g/mol. The lowest BCUT2D eigenvalue weighted by molar-refractivity contribution is 0.338. The van der Waals surface area contributed by atoms with Crippen LogP contribution in [0.4, 0.5) is 0 Å². The fourth-order valence-electron chi connectivity index (χ4n) is 1.76. The molecule has 0 saturated carbocycles. The Morgan fingerprint density at radius 2 is 2.00 bits per heavy atom. The third-order valence-corrected chi connectivity index (χ3v) is 3.68. The second-order valence-corrected chi connectivity index (χ2v) is 6.19. The minimum absolute atomic E-state index is 0.430. The summed E-state index contributed by atoms with van der Waals surface area (Å²) in [6, 6.07) is 0.524. The van der Waals surface area contributed by atoms with Crippen molar-refractivity contribution in [2.24, 2.45) is 5.41 Å². The Bertz CT molecular complexity index is 296. The second-order valence-electron chi connectivity index (χ2n) is 5.45. The number of aryl methyl sites for hydroxylation is 1. The van der Waals surface area contributed by atoms with Crippen LogP contribution in [0.15, 0.2) is 10.8 Å². The van der Waals surface area contributed by atoms with E-state index in [0.29, 0.717) is 11.5 Å². The van der Waals surface area contributed by atoms with Crippen LogP contribution >= 0.6 is 11.3 Å². The fourth-order valence-corrected chi connectivity index (χ4v) is 2.67. The van der Waals surface area contributed by atoms with Gasteiger partial charge in [0.25, 0.3) is 0 Å². The fraction of sp³-hybridized carbons (Fsp3) is 0.692. The summed E-state index contributed by atoms with van der Waals surface area (Å²) in [5.74, 6) is 0. The van der Waals surface area contributed by atoms with Gasteiger partial charge in [0, 0.05) is 6.04 Å². The molecule has 0 aliphatic carbocycles. The summed E-state index contributed by atoms with van der Waals surface area (Å²) in [6.07, 6.45) is 2.48. The van der Waals surface area contributed by atoms with E-state index in [0.717, 1.165) is 0 Å². The molecular weight excluding hydrogens is 202 g/mol. The van der Waals surface area contributed by atoms with Crippen molar-refractivity contribution in [2.45, 2.75) is 46.6 Å². The number of hydrogen-bond donors (Lipinski definition) is 1. The SMILES string of the molecule is CNC(CCC(C)(C)C)c1cscc1C. The minimum atomic E-state index is 0.430. The molecule has 1 aromatic rings. The first-order chi connectivity index (χ1) is 6.94. The number of hydrogen-bond acceptors (Lipinski definition) is 2. The number of thiophene rings is 1. The third-order valence-electron chi connectivity index (χ3n) is 2.80. The number of nitrogens with one attached hydrogen (secondary N) is 1. The molecule has 0 fully saturated rings. The first-order valence-electron chi connectivity index (χ1n) is 5.64. The lowest BCUT2D eigenvalue weighted by Gasteiger charge is -2.23. The van der Waals surface area contributed by atoms with Crippen LogP contribution in [0.3, 0.4) is 0 Å². The molecule has 0 aliphatic rings. The van der Waals surface area contributed by atoms with Gasteiger partial charge in [0.1, 0.15) is 0 Å². The van der Waals surface area contributed by atoms with Crippen molar-refractivity contribution in [3.8, 4) is 0 Å².